The molecule has 1 nitrogen and oxygen atoms in total. The lowest BCUT2D eigenvalue weighted by Gasteiger charge is -2.25. The first kappa shape index (κ1) is 15.9. The number of benzene rings is 1. The molecule has 0 bridgehead atoms. The molecular formula is C18H29NS. The van der Waals surface area contributed by atoms with Crippen LogP contribution in [0, 0.1) is 0 Å². The van der Waals surface area contributed by atoms with Gasteiger partial charge in [0.2, 0.25) is 0 Å². The highest BCUT2D eigenvalue weighted by Gasteiger charge is 2.28. The summed E-state index contributed by atoms with van der Waals surface area (Å²) in [5.74, 6) is 1.24. The predicted molar refractivity (Wildman–Crippen MR) is 91.5 cm³/mol. The Bertz CT molecular complexity index is 387. The standard InChI is InChI=1S/C18H29NS/c1-4-7-15-10-12-16(13-11-15)14(3)19-17-8-6-9-18(17)20-5-2/h10-14,17-19H,4-9H2,1-3H3. The largest absolute Gasteiger partial charge is 0.306 e. The van der Waals surface area contributed by atoms with Crippen molar-refractivity contribution in [2.45, 2.75) is 70.2 Å². The zero-order valence-electron chi connectivity index (χ0n) is 13.2. The smallest absolute Gasteiger partial charge is 0.0294 e. The Morgan fingerprint density at radius 3 is 2.60 bits per heavy atom. The van der Waals surface area contributed by atoms with Gasteiger partial charge in [0.15, 0.2) is 0 Å². The second kappa shape index (κ2) is 8.09. The first-order chi connectivity index (χ1) is 9.74. The van der Waals surface area contributed by atoms with Crippen LogP contribution >= 0.6 is 11.8 Å². The minimum Gasteiger partial charge on any atom is -0.306 e. The van der Waals surface area contributed by atoms with Crippen LogP contribution in [0.5, 0.6) is 0 Å². The molecule has 0 heterocycles. The first-order valence-corrected chi connectivity index (χ1v) is 9.26. The molecule has 112 valence electrons. The lowest BCUT2D eigenvalue weighted by atomic mass is 10.0. The minimum atomic E-state index is 0.466. The van der Waals surface area contributed by atoms with E-state index in [1.165, 1.54) is 49.0 Å². The Balaban J connectivity index is 1.91. The minimum absolute atomic E-state index is 0.466. The van der Waals surface area contributed by atoms with Gasteiger partial charge >= 0.3 is 0 Å². The van der Waals surface area contributed by atoms with Crippen molar-refractivity contribution in [3.8, 4) is 0 Å². The van der Waals surface area contributed by atoms with Crippen LogP contribution in [-0.4, -0.2) is 17.0 Å². The van der Waals surface area contributed by atoms with Crippen LogP contribution in [0.2, 0.25) is 0 Å². The van der Waals surface area contributed by atoms with Crippen LogP contribution in [0.15, 0.2) is 24.3 Å². The Morgan fingerprint density at radius 2 is 1.95 bits per heavy atom. The van der Waals surface area contributed by atoms with E-state index in [1.54, 1.807) is 0 Å². The first-order valence-electron chi connectivity index (χ1n) is 8.21. The molecule has 2 rings (SSSR count). The number of nitrogens with one attached hydrogen (secondary N) is 1. The van der Waals surface area contributed by atoms with Crippen molar-refractivity contribution in [3.63, 3.8) is 0 Å². The van der Waals surface area contributed by atoms with Crippen LogP contribution in [-0.2, 0) is 6.42 Å². The molecule has 1 N–H and O–H groups in total. The van der Waals surface area contributed by atoms with Crippen LogP contribution in [0.4, 0.5) is 0 Å². The van der Waals surface area contributed by atoms with Gasteiger partial charge in [-0.05, 0) is 43.1 Å². The summed E-state index contributed by atoms with van der Waals surface area (Å²) in [5, 5.41) is 4.68. The highest BCUT2D eigenvalue weighted by molar-refractivity contribution is 7.99. The summed E-state index contributed by atoms with van der Waals surface area (Å²) in [7, 11) is 0. The van der Waals surface area contributed by atoms with E-state index in [0.29, 0.717) is 12.1 Å². The molecule has 1 aliphatic carbocycles. The van der Waals surface area contributed by atoms with Gasteiger partial charge in [-0.15, -0.1) is 0 Å². The van der Waals surface area contributed by atoms with Gasteiger partial charge in [-0.2, -0.15) is 11.8 Å². The Labute approximate surface area is 128 Å². The molecule has 0 saturated heterocycles. The Morgan fingerprint density at radius 1 is 1.20 bits per heavy atom. The monoisotopic (exact) mass is 291 g/mol. The molecule has 1 saturated carbocycles. The lowest BCUT2D eigenvalue weighted by molar-refractivity contribution is 0.467. The van der Waals surface area contributed by atoms with Crippen LogP contribution < -0.4 is 5.32 Å². The van der Waals surface area contributed by atoms with Gasteiger partial charge in [0.25, 0.3) is 0 Å². The van der Waals surface area contributed by atoms with E-state index in [9.17, 15) is 0 Å². The van der Waals surface area contributed by atoms with Crippen LogP contribution in [0.3, 0.4) is 0 Å². The van der Waals surface area contributed by atoms with E-state index >= 15 is 0 Å². The molecule has 0 amide bonds. The quantitative estimate of drug-likeness (QED) is 0.761. The summed E-state index contributed by atoms with van der Waals surface area (Å²) < 4.78 is 0. The highest BCUT2D eigenvalue weighted by Crippen LogP contribution is 2.31. The number of hydrogen-bond donors (Lipinski definition) is 1. The average molecular weight is 292 g/mol. The van der Waals surface area contributed by atoms with Crippen LogP contribution in [0.25, 0.3) is 0 Å². The zero-order valence-corrected chi connectivity index (χ0v) is 14.0. The van der Waals surface area contributed by atoms with E-state index in [-0.39, 0.29) is 0 Å². The maximum absolute atomic E-state index is 3.86. The number of aryl methyl sites for hydroxylation is 1. The maximum atomic E-state index is 3.86. The molecule has 0 aliphatic heterocycles. The van der Waals surface area contributed by atoms with Gasteiger partial charge in [-0.1, -0.05) is 51.0 Å². The summed E-state index contributed by atoms with van der Waals surface area (Å²) >= 11 is 2.13. The summed E-state index contributed by atoms with van der Waals surface area (Å²) in [6, 6.07) is 10.4. The molecular weight excluding hydrogens is 262 g/mol. The van der Waals surface area contributed by atoms with E-state index in [2.05, 4.69) is 62.1 Å². The number of thioether (sulfide) groups is 1. The van der Waals surface area contributed by atoms with Gasteiger partial charge in [0.05, 0.1) is 0 Å². The van der Waals surface area contributed by atoms with Crippen LogP contribution in [0.1, 0.15) is 63.6 Å². The van der Waals surface area contributed by atoms with Crippen molar-refractivity contribution in [3.05, 3.63) is 35.4 Å². The van der Waals surface area contributed by atoms with Crippen molar-refractivity contribution in [2.24, 2.45) is 0 Å². The molecule has 20 heavy (non-hydrogen) atoms. The summed E-state index contributed by atoms with van der Waals surface area (Å²) in [6.07, 6.45) is 6.54. The van der Waals surface area contributed by atoms with E-state index in [0.717, 1.165) is 5.25 Å². The van der Waals surface area contributed by atoms with E-state index in [1.807, 2.05) is 0 Å². The van der Waals surface area contributed by atoms with Crippen molar-refractivity contribution < 1.29 is 0 Å². The van der Waals surface area contributed by atoms with Gasteiger partial charge in [0.1, 0.15) is 0 Å². The molecule has 0 aromatic heterocycles. The second-order valence-corrected chi connectivity index (χ2v) is 7.43. The molecule has 0 radical (unpaired) electrons. The normalized spacial score (nSPS) is 23.9. The molecule has 3 atom stereocenters. The Kier molecular flexibility index (Phi) is 6.44. The van der Waals surface area contributed by atoms with Gasteiger partial charge in [-0.25, -0.2) is 0 Å². The lowest BCUT2D eigenvalue weighted by Crippen LogP contribution is -2.36. The Hall–Kier alpha value is -0.470. The van der Waals surface area contributed by atoms with Crippen molar-refractivity contribution in [1.82, 2.24) is 5.32 Å². The van der Waals surface area contributed by atoms with Gasteiger partial charge < -0.3 is 5.32 Å². The van der Waals surface area contributed by atoms with Crippen molar-refractivity contribution in [2.75, 3.05) is 5.75 Å². The maximum Gasteiger partial charge on any atom is 0.0294 e. The zero-order chi connectivity index (χ0) is 14.4. The molecule has 2 heteroatoms. The van der Waals surface area contributed by atoms with Crippen molar-refractivity contribution in [1.29, 1.82) is 0 Å². The van der Waals surface area contributed by atoms with Crippen molar-refractivity contribution >= 4 is 11.8 Å². The SMILES string of the molecule is CCCc1ccc(C(C)NC2CCCC2SCC)cc1. The fraction of sp³-hybridized carbons (Fsp3) is 0.667. The topological polar surface area (TPSA) is 12.0 Å². The molecule has 3 unspecified atom stereocenters. The molecule has 1 aliphatic rings. The second-order valence-electron chi connectivity index (χ2n) is 5.91. The fourth-order valence-electron chi connectivity index (χ4n) is 3.21. The fourth-order valence-corrected chi connectivity index (χ4v) is 4.42. The third kappa shape index (κ3) is 4.26. The number of rotatable bonds is 7. The number of hydrogen-bond acceptors (Lipinski definition) is 2. The third-order valence-electron chi connectivity index (χ3n) is 4.32. The average Bonchev–Trinajstić information content (AvgIpc) is 2.88. The third-order valence-corrected chi connectivity index (χ3v) is 5.64. The summed E-state index contributed by atoms with van der Waals surface area (Å²) in [5.41, 5.74) is 2.89. The van der Waals surface area contributed by atoms with Gasteiger partial charge in [-0.3, -0.25) is 0 Å². The molecule has 1 aromatic rings. The molecule has 1 fully saturated rings. The predicted octanol–water partition coefficient (Wildman–Crippen LogP) is 4.96. The van der Waals surface area contributed by atoms with Gasteiger partial charge in [0, 0.05) is 17.3 Å². The summed E-state index contributed by atoms with van der Waals surface area (Å²) in [4.78, 5) is 0. The van der Waals surface area contributed by atoms with E-state index < -0.39 is 0 Å². The molecule has 1 aromatic carbocycles. The van der Waals surface area contributed by atoms with E-state index in [4.69, 9.17) is 0 Å². The highest BCUT2D eigenvalue weighted by atomic mass is 32.2. The summed E-state index contributed by atoms with van der Waals surface area (Å²) in [6.45, 7) is 6.82. The molecule has 0 spiro atoms.